The molecule has 0 unspecified atom stereocenters. The summed E-state index contributed by atoms with van der Waals surface area (Å²) in [6.07, 6.45) is 4.38. The molecular weight excluding hydrogens is 294 g/mol. The Bertz CT molecular complexity index is 489. The fourth-order valence-corrected chi connectivity index (χ4v) is 1.71. The van der Waals surface area contributed by atoms with Crippen molar-refractivity contribution in [3.63, 3.8) is 0 Å². The third-order valence-corrected chi connectivity index (χ3v) is 2.73. The summed E-state index contributed by atoms with van der Waals surface area (Å²) in [5.41, 5.74) is 0.619. The average molecular weight is 321 g/mol. The van der Waals surface area contributed by atoms with Crippen LogP contribution in [0.5, 0.6) is 5.75 Å². The summed E-state index contributed by atoms with van der Waals surface area (Å²) in [6, 6.07) is 7.82. The lowest BCUT2D eigenvalue weighted by Crippen LogP contribution is -2.32. The second-order valence-corrected chi connectivity index (χ2v) is 6.03. The maximum absolute atomic E-state index is 11.5. The van der Waals surface area contributed by atoms with Gasteiger partial charge in [0.2, 0.25) is 0 Å². The average Bonchev–Trinajstić information content (AvgIpc) is 2.47. The van der Waals surface area contributed by atoms with Gasteiger partial charge in [-0.05, 0) is 44.9 Å². The number of carbonyl (C=O) groups excluding carboxylic acids is 1. The number of amides is 1. The number of rotatable bonds is 8. The van der Waals surface area contributed by atoms with Gasteiger partial charge in [0.05, 0.1) is 6.61 Å². The molecule has 0 aliphatic rings. The predicted molar refractivity (Wildman–Crippen MR) is 91.7 cm³/mol. The van der Waals surface area contributed by atoms with Crippen molar-refractivity contribution in [2.45, 2.75) is 32.8 Å². The molecule has 1 amide bonds. The Morgan fingerprint density at radius 1 is 1.17 bits per heavy atom. The van der Waals surface area contributed by atoms with Gasteiger partial charge < -0.3 is 19.5 Å². The number of carbonyl (C=O) groups is 1. The normalized spacial score (nSPS) is 11.5. The van der Waals surface area contributed by atoms with Crippen LogP contribution in [-0.2, 0) is 9.47 Å². The van der Waals surface area contributed by atoms with Crippen molar-refractivity contribution in [2.24, 2.45) is 0 Å². The molecule has 0 saturated heterocycles. The Morgan fingerprint density at radius 2 is 1.87 bits per heavy atom. The summed E-state index contributed by atoms with van der Waals surface area (Å²) in [5.74, 6) is 0.825. The first-order chi connectivity index (χ1) is 10.9. The minimum Gasteiger partial charge on any atom is -0.491 e. The molecule has 0 heterocycles. The zero-order valence-corrected chi connectivity index (χ0v) is 14.4. The lowest BCUT2D eigenvalue weighted by Gasteiger charge is -2.19. The molecular formula is C18H27NO4. The monoisotopic (exact) mass is 321 g/mol. The Kier molecular flexibility index (Phi) is 8.19. The van der Waals surface area contributed by atoms with Crippen molar-refractivity contribution in [2.75, 3.05) is 26.9 Å². The van der Waals surface area contributed by atoms with E-state index in [1.807, 2.05) is 57.2 Å². The number of ether oxygens (including phenoxy) is 3. The van der Waals surface area contributed by atoms with Gasteiger partial charge in [-0.2, -0.15) is 0 Å². The van der Waals surface area contributed by atoms with E-state index in [9.17, 15) is 4.79 Å². The smallest absolute Gasteiger partial charge is 0.407 e. The molecule has 0 spiro atoms. The molecule has 0 aromatic heterocycles. The van der Waals surface area contributed by atoms with Crippen LogP contribution in [0.4, 0.5) is 4.79 Å². The first-order valence-corrected chi connectivity index (χ1v) is 7.76. The summed E-state index contributed by atoms with van der Waals surface area (Å²) >= 11 is 0. The zero-order valence-electron chi connectivity index (χ0n) is 14.4. The summed E-state index contributed by atoms with van der Waals surface area (Å²) in [7, 11) is 1.65. The van der Waals surface area contributed by atoms with Gasteiger partial charge in [-0.3, -0.25) is 0 Å². The van der Waals surface area contributed by atoms with Gasteiger partial charge in [-0.25, -0.2) is 4.79 Å². The fraction of sp³-hybridized carbons (Fsp3) is 0.500. The number of methoxy groups -OCH3 is 1. The SMILES string of the molecule is COCCOc1ccc(C=CCCNC(=O)OC(C)(C)C)cc1. The molecule has 5 nitrogen and oxygen atoms in total. The van der Waals surface area contributed by atoms with Crippen LogP contribution in [0.3, 0.4) is 0 Å². The van der Waals surface area contributed by atoms with E-state index >= 15 is 0 Å². The van der Waals surface area contributed by atoms with Crippen LogP contribution in [0, 0.1) is 0 Å². The third kappa shape index (κ3) is 9.58. The molecule has 0 atom stereocenters. The molecule has 5 heteroatoms. The largest absolute Gasteiger partial charge is 0.491 e. The second-order valence-electron chi connectivity index (χ2n) is 6.03. The van der Waals surface area contributed by atoms with E-state index < -0.39 is 5.60 Å². The van der Waals surface area contributed by atoms with Crippen LogP contribution in [0.1, 0.15) is 32.8 Å². The van der Waals surface area contributed by atoms with E-state index in [0.717, 1.165) is 17.7 Å². The molecule has 1 rings (SSSR count). The minimum absolute atomic E-state index is 0.386. The first-order valence-electron chi connectivity index (χ1n) is 7.76. The van der Waals surface area contributed by atoms with Gasteiger partial charge in [-0.15, -0.1) is 0 Å². The fourth-order valence-electron chi connectivity index (χ4n) is 1.71. The van der Waals surface area contributed by atoms with Crippen LogP contribution in [0.2, 0.25) is 0 Å². The maximum atomic E-state index is 11.5. The summed E-state index contributed by atoms with van der Waals surface area (Å²) in [6.45, 7) is 7.19. The Hall–Kier alpha value is -2.01. The first kappa shape index (κ1) is 19.0. The topological polar surface area (TPSA) is 56.8 Å². The number of benzene rings is 1. The van der Waals surface area contributed by atoms with Crippen molar-refractivity contribution < 1.29 is 19.0 Å². The molecule has 1 N–H and O–H groups in total. The Balaban J connectivity index is 2.25. The molecule has 0 aliphatic heterocycles. The third-order valence-electron chi connectivity index (χ3n) is 2.73. The maximum Gasteiger partial charge on any atom is 0.407 e. The van der Waals surface area contributed by atoms with E-state index in [4.69, 9.17) is 14.2 Å². The number of hydrogen-bond donors (Lipinski definition) is 1. The zero-order chi connectivity index (χ0) is 17.1. The molecule has 0 saturated carbocycles. The van der Waals surface area contributed by atoms with Gasteiger partial charge in [0.1, 0.15) is 18.0 Å². The van der Waals surface area contributed by atoms with E-state index in [-0.39, 0.29) is 6.09 Å². The van der Waals surface area contributed by atoms with Crippen molar-refractivity contribution in [3.05, 3.63) is 35.9 Å². The standard InChI is InChI=1S/C18H27NO4/c1-18(2,3)23-17(20)19-12-6-5-7-15-8-10-16(11-9-15)22-14-13-21-4/h5,7-11H,6,12-14H2,1-4H3,(H,19,20). The van der Waals surface area contributed by atoms with Gasteiger partial charge in [0.25, 0.3) is 0 Å². The summed E-state index contributed by atoms with van der Waals surface area (Å²) in [5, 5.41) is 2.72. The van der Waals surface area contributed by atoms with Crippen molar-refractivity contribution in [1.29, 1.82) is 0 Å². The molecule has 0 fully saturated rings. The van der Waals surface area contributed by atoms with Gasteiger partial charge in [0.15, 0.2) is 0 Å². The van der Waals surface area contributed by atoms with Crippen molar-refractivity contribution >= 4 is 12.2 Å². The van der Waals surface area contributed by atoms with Gasteiger partial charge in [-0.1, -0.05) is 24.3 Å². The van der Waals surface area contributed by atoms with E-state index in [1.54, 1.807) is 7.11 Å². The minimum atomic E-state index is -0.465. The molecule has 23 heavy (non-hydrogen) atoms. The molecule has 0 aliphatic carbocycles. The molecule has 128 valence electrons. The highest BCUT2D eigenvalue weighted by molar-refractivity contribution is 5.67. The predicted octanol–water partition coefficient (Wildman–Crippen LogP) is 3.64. The Labute approximate surface area is 138 Å². The molecule has 0 radical (unpaired) electrons. The highest BCUT2D eigenvalue weighted by Gasteiger charge is 2.15. The quantitative estimate of drug-likeness (QED) is 0.743. The van der Waals surface area contributed by atoms with E-state index in [0.29, 0.717) is 19.8 Å². The summed E-state index contributed by atoms with van der Waals surface area (Å²) in [4.78, 5) is 11.5. The van der Waals surface area contributed by atoms with Gasteiger partial charge >= 0.3 is 6.09 Å². The van der Waals surface area contributed by atoms with E-state index in [2.05, 4.69) is 5.32 Å². The molecule has 0 bridgehead atoms. The molecule has 1 aromatic rings. The number of alkyl carbamates (subject to hydrolysis) is 1. The Morgan fingerprint density at radius 3 is 2.48 bits per heavy atom. The van der Waals surface area contributed by atoms with Crippen molar-refractivity contribution in [3.8, 4) is 5.75 Å². The number of hydrogen-bond acceptors (Lipinski definition) is 4. The van der Waals surface area contributed by atoms with Crippen LogP contribution in [-0.4, -0.2) is 38.6 Å². The van der Waals surface area contributed by atoms with Crippen LogP contribution >= 0.6 is 0 Å². The van der Waals surface area contributed by atoms with Crippen LogP contribution in [0.25, 0.3) is 6.08 Å². The highest BCUT2D eigenvalue weighted by Crippen LogP contribution is 2.13. The van der Waals surface area contributed by atoms with Crippen molar-refractivity contribution in [1.82, 2.24) is 5.32 Å². The van der Waals surface area contributed by atoms with E-state index in [1.165, 1.54) is 0 Å². The second kappa shape index (κ2) is 9.90. The highest BCUT2D eigenvalue weighted by atomic mass is 16.6. The number of nitrogens with one attached hydrogen (secondary N) is 1. The van der Waals surface area contributed by atoms with Crippen LogP contribution in [0.15, 0.2) is 30.3 Å². The lowest BCUT2D eigenvalue weighted by atomic mass is 10.2. The van der Waals surface area contributed by atoms with Crippen LogP contribution < -0.4 is 10.1 Å². The lowest BCUT2D eigenvalue weighted by molar-refractivity contribution is 0.0529. The summed E-state index contributed by atoms with van der Waals surface area (Å²) < 4.78 is 15.6. The molecule has 1 aromatic carbocycles. The van der Waals surface area contributed by atoms with Gasteiger partial charge in [0, 0.05) is 13.7 Å².